The lowest BCUT2D eigenvalue weighted by Gasteiger charge is -2.15. The van der Waals surface area contributed by atoms with Crippen molar-refractivity contribution in [1.82, 2.24) is 4.90 Å². The number of carbonyl (C=O) groups excluding carboxylic acids is 2. The summed E-state index contributed by atoms with van der Waals surface area (Å²) in [5.74, 6) is 2.00. The van der Waals surface area contributed by atoms with Crippen LogP contribution in [0.3, 0.4) is 0 Å². The van der Waals surface area contributed by atoms with Crippen molar-refractivity contribution < 1.29 is 9.59 Å². The van der Waals surface area contributed by atoms with Gasteiger partial charge in [-0.05, 0) is 6.42 Å². The van der Waals surface area contributed by atoms with Crippen molar-refractivity contribution in [2.24, 2.45) is 0 Å². The molecule has 0 aromatic carbocycles. The molecule has 0 spiro atoms. The Kier molecular flexibility index (Phi) is 1.95. The SMILES string of the molecule is C#C[C@@H]1CCC(=O)N1C(C)=O. The molecule has 1 aliphatic rings. The molecule has 1 atom stereocenters. The quantitative estimate of drug-likeness (QED) is 0.462. The molecule has 0 bridgehead atoms. The summed E-state index contributed by atoms with van der Waals surface area (Å²) in [5.41, 5.74) is 0. The van der Waals surface area contributed by atoms with Gasteiger partial charge in [-0.25, -0.2) is 0 Å². The van der Waals surface area contributed by atoms with E-state index in [0.29, 0.717) is 12.8 Å². The molecule has 0 radical (unpaired) electrons. The molecule has 0 N–H and O–H groups in total. The van der Waals surface area contributed by atoms with E-state index in [1.54, 1.807) is 0 Å². The molecular weight excluding hydrogens is 142 g/mol. The minimum Gasteiger partial charge on any atom is -0.275 e. The third-order valence-electron chi connectivity index (χ3n) is 1.74. The lowest BCUT2D eigenvalue weighted by atomic mass is 10.2. The van der Waals surface area contributed by atoms with E-state index in [1.165, 1.54) is 6.92 Å². The van der Waals surface area contributed by atoms with Gasteiger partial charge in [-0.15, -0.1) is 6.42 Å². The van der Waals surface area contributed by atoms with Gasteiger partial charge in [-0.3, -0.25) is 14.5 Å². The highest BCUT2D eigenvalue weighted by Crippen LogP contribution is 2.17. The molecular formula is C8H9NO2. The summed E-state index contributed by atoms with van der Waals surface area (Å²) in [5, 5.41) is 0. The predicted octanol–water partition coefficient (Wildman–Crippen LogP) is 0.157. The number of amides is 2. The number of carbonyl (C=O) groups is 2. The molecule has 1 fully saturated rings. The number of imide groups is 1. The molecule has 0 unspecified atom stereocenters. The number of terminal acetylenes is 1. The molecule has 1 saturated heterocycles. The Bertz CT molecular complexity index is 239. The minimum absolute atomic E-state index is 0.152. The van der Waals surface area contributed by atoms with Crippen LogP contribution < -0.4 is 0 Å². The third-order valence-corrected chi connectivity index (χ3v) is 1.74. The van der Waals surface area contributed by atoms with Crippen molar-refractivity contribution in [3.8, 4) is 12.3 Å². The lowest BCUT2D eigenvalue weighted by molar-refractivity contribution is -0.141. The fourth-order valence-electron chi connectivity index (χ4n) is 1.24. The minimum atomic E-state index is -0.306. The Labute approximate surface area is 65.4 Å². The highest BCUT2D eigenvalue weighted by atomic mass is 16.2. The summed E-state index contributed by atoms with van der Waals surface area (Å²) in [6, 6.07) is -0.306. The van der Waals surface area contributed by atoms with Crippen LogP contribution >= 0.6 is 0 Å². The smallest absolute Gasteiger partial charge is 0.230 e. The second-order valence-corrected chi connectivity index (χ2v) is 2.50. The van der Waals surface area contributed by atoms with E-state index in [1.807, 2.05) is 0 Å². The Morgan fingerprint density at radius 3 is 2.82 bits per heavy atom. The predicted molar refractivity (Wildman–Crippen MR) is 39.4 cm³/mol. The third kappa shape index (κ3) is 1.25. The van der Waals surface area contributed by atoms with E-state index in [4.69, 9.17) is 6.42 Å². The second-order valence-electron chi connectivity index (χ2n) is 2.50. The number of hydrogen-bond donors (Lipinski definition) is 0. The van der Waals surface area contributed by atoms with Crippen molar-refractivity contribution in [3.05, 3.63) is 0 Å². The summed E-state index contributed by atoms with van der Waals surface area (Å²) in [7, 11) is 0. The molecule has 2 amide bonds. The molecule has 0 aliphatic carbocycles. The van der Waals surface area contributed by atoms with E-state index in [9.17, 15) is 9.59 Å². The summed E-state index contributed by atoms with van der Waals surface area (Å²) in [6.07, 6.45) is 6.13. The van der Waals surface area contributed by atoms with Crippen molar-refractivity contribution in [2.75, 3.05) is 0 Å². The Hall–Kier alpha value is -1.30. The maximum Gasteiger partial charge on any atom is 0.230 e. The maximum atomic E-state index is 11.0. The van der Waals surface area contributed by atoms with E-state index in [0.717, 1.165) is 4.90 Å². The zero-order valence-electron chi connectivity index (χ0n) is 6.33. The highest BCUT2D eigenvalue weighted by molar-refractivity contribution is 5.96. The Balaban J connectivity index is 2.81. The Morgan fingerprint density at radius 1 is 1.82 bits per heavy atom. The van der Waals surface area contributed by atoms with E-state index in [2.05, 4.69) is 5.92 Å². The standard InChI is InChI=1S/C8H9NO2/c1-3-7-4-5-8(11)9(7)6(2)10/h1,7H,4-5H2,2H3/t7-/m1/s1. The van der Waals surface area contributed by atoms with Crippen LogP contribution in [0, 0.1) is 12.3 Å². The van der Waals surface area contributed by atoms with Gasteiger partial charge in [-0.2, -0.15) is 0 Å². The zero-order valence-corrected chi connectivity index (χ0v) is 6.33. The number of nitrogens with zero attached hydrogens (tertiary/aromatic N) is 1. The van der Waals surface area contributed by atoms with Gasteiger partial charge in [-0.1, -0.05) is 5.92 Å². The Morgan fingerprint density at radius 2 is 2.45 bits per heavy atom. The van der Waals surface area contributed by atoms with E-state index < -0.39 is 0 Å². The van der Waals surface area contributed by atoms with Crippen molar-refractivity contribution in [2.45, 2.75) is 25.8 Å². The van der Waals surface area contributed by atoms with Crippen LogP contribution in [0.5, 0.6) is 0 Å². The molecule has 0 aromatic heterocycles. The monoisotopic (exact) mass is 151 g/mol. The van der Waals surface area contributed by atoms with Crippen LogP contribution in [-0.2, 0) is 9.59 Å². The first-order chi connectivity index (χ1) is 5.16. The van der Waals surface area contributed by atoms with E-state index in [-0.39, 0.29) is 17.9 Å². The largest absolute Gasteiger partial charge is 0.275 e. The van der Waals surface area contributed by atoms with Crippen molar-refractivity contribution in [3.63, 3.8) is 0 Å². The van der Waals surface area contributed by atoms with Gasteiger partial charge in [0.25, 0.3) is 0 Å². The number of rotatable bonds is 0. The average Bonchev–Trinajstić information content (AvgIpc) is 2.30. The molecule has 1 rings (SSSR count). The van der Waals surface area contributed by atoms with Crippen LogP contribution in [0.15, 0.2) is 0 Å². The van der Waals surface area contributed by atoms with Gasteiger partial charge in [0.15, 0.2) is 0 Å². The zero-order chi connectivity index (χ0) is 8.43. The van der Waals surface area contributed by atoms with Gasteiger partial charge < -0.3 is 0 Å². The summed E-state index contributed by atoms with van der Waals surface area (Å²) in [6.45, 7) is 1.35. The molecule has 11 heavy (non-hydrogen) atoms. The number of likely N-dealkylation sites (tertiary alicyclic amines) is 1. The topological polar surface area (TPSA) is 37.4 Å². The summed E-state index contributed by atoms with van der Waals surface area (Å²) >= 11 is 0. The van der Waals surface area contributed by atoms with Gasteiger partial charge >= 0.3 is 0 Å². The van der Waals surface area contributed by atoms with Gasteiger partial charge in [0.05, 0.1) is 0 Å². The summed E-state index contributed by atoms with van der Waals surface area (Å²) < 4.78 is 0. The van der Waals surface area contributed by atoms with Gasteiger partial charge in [0.1, 0.15) is 6.04 Å². The fourth-order valence-corrected chi connectivity index (χ4v) is 1.24. The molecule has 3 nitrogen and oxygen atoms in total. The number of hydrogen-bond acceptors (Lipinski definition) is 2. The van der Waals surface area contributed by atoms with Crippen LogP contribution in [0.25, 0.3) is 0 Å². The van der Waals surface area contributed by atoms with Crippen molar-refractivity contribution in [1.29, 1.82) is 0 Å². The van der Waals surface area contributed by atoms with E-state index >= 15 is 0 Å². The fraction of sp³-hybridized carbons (Fsp3) is 0.500. The molecule has 58 valence electrons. The lowest BCUT2D eigenvalue weighted by Crippen LogP contribution is -2.35. The maximum absolute atomic E-state index is 11.0. The first-order valence-electron chi connectivity index (χ1n) is 3.45. The van der Waals surface area contributed by atoms with Crippen LogP contribution in [0.2, 0.25) is 0 Å². The normalized spacial score (nSPS) is 23.5. The van der Waals surface area contributed by atoms with Crippen LogP contribution in [-0.4, -0.2) is 22.8 Å². The average molecular weight is 151 g/mol. The second kappa shape index (κ2) is 2.75. The van der Waals surface area contributed by atoms with Gasteiger partial charge in [0.2, 0.25) is 11.8 Å². The molecule has 3 heteroatoms. The first kappa shape index (κ1) is 7.80. The summed E-state index contributed by atoms with van der Waals surface area (Å²) in [4.78, 5) is 23.0. The first-order valence-corrected chi connectivity index (χ1v) is 3.45. The van der Waals surface area contributed by atoms with Crippen LogP contribution in [0.1, 0.15) is 19.8 Å². The highest BCUT2D eigenvalue weighted by Gasteiger charge is 2.32. The molecule has 0 aromatic rings. The molecule has 1 heterocycles. The van der Waals surface area contributed by atoms with Crippen LogP contribution in [0.4, 0.5) is 0 Å². The van der Waals surface area contributed by atoms with Crippen molar-refractivity contribution >= 4 is 11.8 Å². The van der Waals surface area contributed by atoms with Gasteiger partial charge in [0, 0.05) is 13.3 Å². The molecule has 1 aliphatic heterocycles. The molecule has 0 saturated carbocycles.